The van der Waals surface area contributed by atoms with Crippen molar-refractivity contribution in [3.63, 3.8) is 0 Å². The number of piperazine rings is 1. The van der Waals surface area contributed by atoms with Gasteiger partial charge in [-0.25, -0.2) is 13.8 Å². The van der Waals surface area contributed by atoms with Crippen LogP contribution in [0.1, 0.15) is 25.0 Å². The van der Waals surface area contributed by atoms with E-state index in [4.69, 9.17) is 5.73 Å². The van der Waals surface area contributed by atoms with Crippen molar-refractivity contribution < 1.29 is 13.9 Å². The van der Waals surface area contributed by atoms with Crippen molar-refractivity contribution in [2.45, 2.75) is 37.3 Å². The molecule has 2 unspecified atom stereocenters. The number of alkyl halides is 2. The molecule has 5 heterocycles. The zero-order valence-corrected chi connectivity index (χ0v) is 20.9. The van der Waals surface area contributed by atoms with E-state index >= 15 is 0 Å². The van der Waals surface area contributed by atoms with Gasteiger partial charge in [0.2, 0.25) is 0 Å². The molecule has 10 heteroatoms. The van der Waals surface area contributed by atoms with Crippen LogP contribution in [0.5, 0.6) is 5.75 Å². The Labute approximate surface area is 220 Å². The lowest BCUT2D eigenvalue weighted by atomic mass is 10.1. The van der Waals surface area contributed by atoms with E-state index in [9.17, 15) is 13.9 Å². The molecular formula is C28H29F2N7O. The molecule has 3 aromatic rings. The number of hydrogen-bond acceptors (Lipinski definition) is 8. The van der Waals surface area contributed by atoms with Crippen LogP contribution in [0.3, 0.4) is 0 Å². The monoisotopic (exact) mass is 517 g/mol. The van der Waals surface area contributed by atoms with Crippen molar-refractivity contribution in [2.75, 3.05) is 48.3 Å². The van der Waals surface area contributed by atoms with Crippen LogP contribution in [0.15, 0.2) is 48.7 Å². The fraction of sp³-hybridized carbons (Fsp3) is 0.393. The average Bonchev–Trinajstić information content (AvgIpc) is 3.39. The first-order valence-corrected chi connectivity index (χ1v) is 12.9. The number of aromatic hydroxyl groups is 1. The first-order chi connectivity index (χ1) is 18.4. The molecule has 196 valence electrons. The van der Waals surface area contributed by atoms with Gasteiger partial charge in [-0.1, -0.05) is 18.1 Å². The maximum atomic E-state index is 13.4. The molecule has 3 fully saturated rings. The van der Waals surface area contributed by atoms with Gasteiger partial charge in [0.15, 0.2) is 5.82 Å². The summed E-state index contributed by atoms with van der Waals surface area (Å²) in [6.45, 7) is 2.01. The Kier molecular flexibility index (Phi) is 6.24. The van der Waals surface area contributed by atoms with Crippen molar-refractivity contribution in [1.29, 1.82) is 0 Å². The number of fused-ring (bicyclic) bond motifs is 2. The number of aromatic nitrogens is 3. The number of para-hydroxylation sites is 1. The van der Waals surface area contributed by atoms with E-state index in [0.29, 0.717) is 35.9 Å². The number of phenols is 1. The van der Waals surface area contributed by atoms with Crippen LogP contribution in [0.2, 0.25) is 0 Å². The van der Waals surface area contributed by atoms with Crippen LogP contribution in [0.4, 0.5) is 26.0 Å². The topological polar surface area (TPSA) is 94.6 Å². The summed E-state index contributed by atoms with van der Waals surface area (Å²) < 4.78 is 26.8. The van der Waals surface area contributed by atoms with Crippen LogP contribution in [-0.4, -0.2) is 75.9 Å². The lowest BCUT2D eigenvalue weighted by molar-refractivity contribution is 0.0135. The van der Waals surface area contributed by atoms with E-state index in [1.807, 2.05) is 30.3 Å². The normalized spacial score (nSPS) is 22.4. The van der Waals surface area contributed by atoms with Gasteiger partial charge in [-0.15, -0.1) is 10.2 Å². The predicted molar refractivity (Wildman–Crippen MR) is 142 cm³/mol. The standard InChI is InChI=1S/C28H29F2N7O/c29-28(30)10-13-35(18-28)12-3-4-19-14-20(9-11-32-19)37-21-7-8-22(37)17-36(16-21)25-15-24(33-34-27(25)31)23-5-1-2-6-26(23)38/h1-2,5-6,9,11,14-15,21-22,38H,7-8,10,12-13,16-18H2,(H2,31,34). The smallest absolute Gasteiger partial charge is 0.261 e. The van der Waals surface area contributed by atoms with Crippen LogP contribution in [-0.2, 0) is 0 Å². The minimum Gasteiger partial charge on any atom is -0.507 e. The van der Waals surface area contributed by atoms with Gasteiger partial charge >= 0.3 is 0 Å². The Morgan fingerprint density at radius 2 is 1.87 bits per heavy atom. The maximum Gasteiger partial charge on any atom is 0.261 e. The molecule has 0 aliphatic carbocycles. The first kappa shape index (κ1) is 24.4. The SMILES string of the molecule is Nc1nnc(-c2ccccc2O)cc1N1CC2CCC(C1)N2c1ccnc(C#CCN2CCC(F)(F)C2)c1. The predicted octanol–water partition coefficient (Wildman–Crippen LogP) is 3.38. The van der Waals surface area contributed by atoms with Crippen LogP contribution in [0.25, 0.3) is 11.3 Å². The summed E-state index contributed by atoms with van der Waals surface area (Å²) in [6.07, 6.45) is 3.77. The fourth-order valence-corrected chi connectivity index (χ4v) is 5.82. The Morgan fingerprint density at radius 3 is 2.61 bits per heavy atom. The van der Waals surface area contributed by atoms with Crippen LogP contribution < -0.4 is 15.5 Å². The maximum absolute atomic E-state index is 13.4. The lowest BCUT2D eigenvalue weighted by Gasteiger charge is -2.43. The van der Waals surface area contributed by atoms with Crippen LogP contribution >= 0.6 is 0 Å². The number of likely N-dealkylation sites (tertiary alicyclic amines) is 1. The second kappa shape index (κ2) is 9.72. The summed E-state index contributed by atoms with van der Waals surface area (Å²) in [5, 5.41) is 18.7. The highest BCUT2D eigenvalue weighted by molar-refractivity contribution is 5.74. The van der Waals surface area contributed by atoms with Gasteiger partial charge in [0.05, 0.1) is 24.5 Å². The molecule has 3 N–H and O–H groups in total. The van der Waals surface area contributed by atoms with Crippen molar-refractivity contribution in [3.8, 4) is 28.8 Å². The molecule has 0 radical (unpaired) electrons. The van der Waals surface area contributed by atoms with Gasteiger partial charge in [0.25, 0.3) is 5.92 Å². The number of hydrogen-bond donors (Lipinski definition) is 2. The number of rotatable bonds is 4. The summed E-state index contributed by atoms with van der Waals surface area (Å²) in [5.74, 6) is 3.99. The lowest BCUT2D eigenvalue weighted by Crippen LogP contribution is -2.54. The zero-order chi connectivity index (χ0) is 26.3. The quantitative estimate of drug-likeness (QED) is 0.509. The minimum atomic E-state index is -2.61. The van der Waals surface area contributed by atoms with Gasteiger partial charge in [-0.2, -0.15) is 0 Å². The van der Waals surface area contributed by atoms with Crippen molar-refractivity contribution in [1.82, 2.24) is 20.1 Å². The largest absolute Gasteiger partial charge is 0.507 e. The molecule has 0 amide bonds. The highest BCUT2D eigenvalue weighted by Crippen LogP contribution is 2.39. The number of phenolic OH excluding ortho intramolecular Hbond substituents is 1. The van der Waals surface area contributed by atoms with Crippen molar-refractivity contribution >= 4 is 17.2 Å². The molecule has 6 rings (SSSR count). The summed E-state index contributed by atoms with van der Waals surface area (Å²) in [7, 11) is 0. The molecule has 0 spiro atoms. The molecule has 38 heavy (non-hydrogen) atoms. The van der Waals surface area contributed by atoms with E-state index < -0.39 is 5.92 Å². The molecular weight excluding hydrogens is 488 g/mol. The summed E-state index contributed by atoms with van der Waals surface area (Å²) >= 11 is 0. The van der Waals surface area contributed by atoms with E-state index in [1.165, 1.54) is 0 Å². The van der Waals surface area contributed by atoms with E-state index in [2.05, 4.69) is 36.8 Å². The third-order valence-corrected chi connectivity index (χ3v) is 7.61. The molecule has 2 atom stereocenters. The van der Waals surface area contributed by atoms with Gasteiger partial charge in [0.1, 0.15) is 11.4 Å². The second-order valence-corrected chi connectivity index (χ2v) is 10.2. The highest BCUT2D eigenvalue weighted by Gasteiger charge is 2.41. The molecule has 2 bridgehead atoms. The van der Waals surface area contributed by atoms with Gasteiger partial charge in [-0.3, -0.25) is 4.90 Å². The third-order valence-electron chi connectivity index (χ3n) is 7.61. The minimum absolute atomic E-state index is 0.103. The molecule has 3 aliphatic heterocycles. The van der Waals surface area contributed by atoms with Gasteiger partial charge < -0.3 is 20.6 Å². The van der Waals surface area contributed by atoms with Crippen molar-refractivity contribution in [3.05, 3.63) is 54.4 Å². The molecule has 0 saturated carbocycles. The first-order valence-electron chi connectivity index (χ1n) is 12.9. The Balaban J connectivity index is 1.18. The molecule has 8 nitrogen and oxygen atoms in total. The number of nitrogen functional groups attached to an aromatic ring is 1. The highest BCUT2D eigenvalue weighted by atomic mass is 19.3. The number of nitrogens with zero attached hydrogens (tertiary/aromatic N) is 6. The number of benzene rings is 1. The Morgan fingerprint density at radius 1 is 1.08 bits per heavy atom. The summed E-state index contributed by atoms with van der Waals surface area (Å²) in [6, 6.07) is 13.5. The molecule has 2 aromatic heterocycles. The molecule has 3 aliphatic rings. The van der Waals surface area contributed by atoms with Crippen molar-refractivity contribution in [2.24, 2.45) is 0 Å². The van der Waals surface area contributed by atoms with Crippen LogP contribution in [0, 0.1) is 11.8 Å². The van der Waals surface area contributed by atoms with E-state index in [0.717, 1.165) is 37.3 Å². The molecule has 3 saturated heterocycles. The second-order valence-electron chi connectivity index (χ2n) is 10.2. The van der Waals surface area contributed by atoms with E-state index in [1.54, 1.807) is 23.2 Å². The fourth-order valence-electron chi connectivity index (χ4n) is 5.82. The average molecular weight is 518 g/mol. The summed E-state index contributed by atoms with van der Waals surface area (Å²) in [4.78, 5) is 10.8. The number of halogens is 2. The van der Waals surface area contributed by atoms with Gasteiger partial charge in [-0.05, 0) is 49.1 Å². The Bertz CT molecular complexity index is 1390. The third kappa shape index (κ3) is 4.82. The number of nitrogens with two attached hydrogens (primary N) is 1. The van der Waals surface area contributed by atoms with Gasteiger partial charge in [0, 0.05) is 55.6 Å². The zero-order valence-electron chi connectivity index (χ0n) is 20.9. The number of pyridine rings is 1. The molecule has 1 aromatic carbocycles. The summed E-state index contributed by atoms with van der Waals surface area (Å²) in [5.41, 5.74) is 9.99. The Hall–Kier alpha value is -3.97. The number of anilines is 3. The van der Waals surface area contributed by atoms with E-state index in [-0.39, 0.29) is 30.8 Å².